The molecule has 0 amide bonds. The average Bonchev–Trinajstić information content (AvgIpc) is 2.39. The second kappa shape index (κ2) is 5.31. The Bertz CT molecular complexity index is 559. The fraction of sp³-hybridized carbons (Fsp3) is 0.222. The van der Waals surface area contributed by atoms with Gasteiger partial charge in [0.05, 0.1) is 0 Å². The van der Waals surface area contributed by atoms with Crippen LogP contribution in [0.4, 0.5) is 0 Å². The van der Waals surface area contributed by atoms with Crippen LogP contribution < -0.4 is 4.74 Å². The lowest BCUT2D eigenvalue weighted by molar-refractivity contribution is 0.478. The summed E-state index contributed by atoms with van der Waals surface area (Å²) in [7, 11) is 0. The minimum atomic E-state index is 0.131. The summed E-state index contributed by atoms with van der Waals surface area (Å²) in [5.41, 5.74) is 2.50. The third kappa shape index (κ3) is 3.47. The highest BCUT2D eigenvalue weighted by molar-refractivity contribution is 5.48. The molecule has 0 heterocycles. The predicted molar refractivity (Wildman–Crippen MR) is 81.7 cm³/mol. The van der Waals surface area contributed by atoms with Gasteiger partial charge in [-0.2, -0.15) is 0 Å². The predicted octanol–water partition coefficient (Wildman–Crippen LogP) is 5.42. The van der Waals surface area contributed by atoms with Crippen molar-refractivity contribution < 1.29 is 4.74 Å². The molecule has 0 atom stereocenters. The average molecular weight is 252 g/mol. The highest BCUT2D eigenvalue weighted by atomic mass is 16.5. The van der Waals surface area contributed by atoms with Gasteiger partial charge in [-0.05, 0) is 40.8 Å². The summed E-state index contributed by atoms with van der Waals surface area (Å²) in [5, 5.41) is 0. The van der Waals surface area contributed by atoms with Crippen LogP contribution in [0.5, 0.6) is 11.5 Å². The first-order valence-corrected chi connectivity index (χ1v) is 6.50. The Hall–Kier alpha value is -2.02. The quantitative estimate of drug-likeness (QED) is 0.708. The Morgan fingerprint density at radius 2 is 1.63 bits per heavy atom. The van der Waals surface area contributed by atoms with Crippen LogP contribution in [0, 0.1) is 0 Å². The number of ether oxygens (including phenoxy) is 1. The molecule has 0 bridgehead atoms. The van der Waals surface area contributed by atoms with E-state index in [2.05, 4.69) is 39.5 Å². The molecular formula is C18H20O. The molecule has 0 aliphatic carbocycles. The van der Waals surface area contributed by atoms with Crippen LogP contribution in [-0.4, -0.2) is 0 Å². The van der Waals surface area contributed by atoms with Gasteiger partial charge in [0, 0.05) is 0 Å². The Balaban J connectivity index is 2.20. The molecule has 1 heteroatoms. The molecule has 0 fully saturated rings. The summed E-state index contributed by atoms with van der Waals surface area (Å²) in [4.78, 5) is 0. The third-order valence-corrected chi connectivity index (χ3v) is 3.05. The van der Waals surface area contributed by atoms with Gasteiger partial charge in [-0.25, -0.2) is 0 Å². The fourth-order valence-electron chi connectivity index (χ4n) is 1.83. The van der Waals surface area contributed by atoms with Crippen molar-refractivity contribution in [3.8, 4) is 11.5 Å². The summed E-state index contributed by atoms with van der Waals surface area (Å²) in [6.45, 7) is 10.3. The first kappa shape index (κ1) is 13.4. The summed E-state index contributed by atoms with van der Waals surface area (Å²) >= 11 is 0. The number of rotatable bonds is 3. The van der Waals surface area contributed by atoms with Crippen molar-refractivity contribution in [2.75, 3.05) is 0 Å². The van der Waals surface area contributed by atoms with Crippen molar-refractivity contribution in [3.05, 3.63) is 66.2 Å². The maximum absolute atomic E-state index is 5.88. The molecule has 0 saturated heterocycles. The maximum atomic E-state index is 5.88. The van der Waals surface area contributed by atoms with Gasteiger partial charge in [0.15, 0.2) is 0 Å². The lowest BCUT2D eigenvalue weighted by atomic mass is 9.87. The second-order valence-corrected chi connectivity index (χ2v) is 5.65. The first-order chi connectivity index (χ1) is 8.99. The van der Waals surface area contributed by atoms with Gasteiger partial charge in [-0.15, -0.1) is 0 Å². The van der Waals surface area contributed by atoms with Crippen molar-refractivity contribution in [1.82, 2.24) is 0 Å². The molecule has 0 spiro atoms. The lowest BCUT2D eigenvalue weighted by Crippen LogP contribution is -2.10. The largest absolute Gasteiger partial charge is 0.457 e. The van der Waals surface area contributed by atoms with Gasteiger partial charge in [0.2, 0.25) is 0 Å². The zero-order chi connectivity index (χ0) is 13.9. The summed E-state index contributed by atoms with van der Waals surface area (Å²) in [6, 6.07) is 16.2. The number of hydrogen-bond donors (Lipinski definition) is 0. The van der Waals surface area contributed by atoms with Gasteiger partial charge < -0.3 is 4.74 Å². The zero-order valence-electron chi connectivity index (χ0n) is 11.8. The van der Waals surface area contributed by atoms with Gasteiger partial charge in [-0.3, -0.25) is 0 Å². The summed E-state index contributed by atoms with van der Waals surface area (Å²) in [5.74, 6) is 1.72. The van der Waals surface area contributed by atoms with E-state index in [1.54, 1.807) is 0 Å². The van der Waals surface area contributed by atoms with E-state index in [4.69, 9.17) is 4.74 Å². The van der Waals surface area contributed by atoms with E-state index in [1.165, 1.54) is 5.56 Å². The lowest BCUT2D eigenvalue weighted by Gasteiger charge is -2.19. The first-order valence-electron chi connectivity index (χ1n) is 6.50. The Kier molecular flexibility index (Phi) is 3.75. The summed E-state index contributed by atoms with van der Waals surface area (Å²) in [6.07, 6.45) is 1.82. The van der Waals surface area contributed by atoms with Gasteiger partial charge in [0.25, 0.3) is 0 Å². The van der Waals surface area contributed by atoms with E-state index in [1.807, 2.05) is 42.5 Å². The molecule has 0 aromatic heterocycles. The molecule has 0 aliphatic heterocycles. The van der Waals surface area contributed by atoms with E-state index in [0.29, 0.717) is 0 Å². The molecule has 0 aliphatic rings. The minimum Gasteiger partial charge on any atom is -0.457 e. The summed E-state index contributed by atoms with van der Waals surface area (Å²) < 4.78 is 5.88. The molecule has 2 rings (SSSR count). The molecule has 98 valence electrons. The van der Waals surface area contributed by atoms with Gasteiger partial charge in [-0.1, -0.05) is 57.7 Å². The van der Waals surface area contributed by atoms with E-state index < -0.39 is 0 Å². The molecule has 0 radical (unpaired) electrons. The van der Waals surface area contributed by atoms with Crippen LogP contribution in [0.3, 0.4) is 0 Å². The molecule has 0 unspecified atom stereocenters. The molecule has 2 aromatic rings. The monoisotopic (exact) mass is 252 g/mol. The second-order valence-electron chi connectivity index (χ2n) is 5.65. The Morgan fingerprint density at radius 3 is 2.21 bits per heavy atom. The van der Waals surface area contributed by atoms with Crippen LogP contribution >= 0.6 is 0 Å². The maximum Gasteiger partial charge on any atom is 0.127 e. The van der Waals surface area contributed by atoms with E-state index in [-0.39, 0.29) is 5.41 Å². The van der Waals surface area contributed by atoms with Crippen LogP contribution in [0.25, 0.3) is 6.08 Å². The topological polar surface area (TPSA) is 9.23 Å². The minimum absolute atomic E-state index is 0.131. The van der Waals surface area contributed by atoms with Crippen molar-refractivity contribution in [2.45, 2.75) is 26.2 Å². The van der Waals surface area contributed by atoms with Crippen molar-refractivity contribution in [2.24, 2.45) is 0 Å². The molecule has 19 heavy (non-hydrogen) atoms. The van der Waals surface area contributed by atoms with E-state index in [0.717, 1.165) is 17.1 Å². The zero-order valence-corrected chi connectivity index (χ0v) is 11.8. The molecule has 1 nitrogen and oxygen atoms in total. The smallest absolute Gasteiger partial charge is 0.127 e. The highest BCUT2D eigenvalue weighted by Gasteiger charge is 2.13. The molecule has 0 saturated carbocycles. The fourth-order valence-corrected chi connectivity index (χ4v) is 1.83. The third-order valence-electron chi connectivity index (χ3n) is 3.05. The Morgan fingerprint density at radius 1 is 0.947 bits per heavy atom. The molecule has 0 N–H and O–H groups in total. The van der Waals surface area contributed by atoms with Crippen LogP contribution in [0.2, 0.25) is 0 Å². The Labute approximate surface area is 115 Å². The number of benzene rings is 2. The van der Waals surface area contributed by atoms with Crippen molar-refractivity contribution >= 4 is 6.08 Å². The van der Waals surface area contributed by atoms with E-state index >= 15 is 0 Å². The van der Waals surface area contributed by atoms with Crippen molar-refractivity contribution in [3.63, 3.8) is 0 Å². The van der Waals surface area contributed by atoms with Crippen LogP contribution in [0.15, 0.2) is 55.1 Å². The van der Waals surface area contributed by atoms with Gasteiger partial charge >= 0.3 is 0 Å². The number of hydrogen-bond acceptors (Lipinski definition) is 1. The SMILES string of the molecule is C=Cc1ccc(Oc2cccc(C(C)(C)C)c2)cc1. The normalized spacial score (nSPS) is 11.1. The van der Waals surface area contributed by atoms with E-state index in [9.17, 15) is 0 Å². The molecule has 2 aromatic carbocycles. The van der Waals surface area contributed by atoms with Gasteiger partial charge in [0.1, 0.15) is 11.5 Å². The van der Waals surface area contributed by atoms with Crippen LogP contribution in [0.1, 0.15) is 31.9 Å². The highest BCUT2D eigenvalue weighted by Crippen LogP contribution is 2.28. The standard InChI is InChI=1S/C18H20O/c1-5-14-9-11-16(12-10-14)19-17-8-6-7-15(13-17)18(2,3)4/h5-13H,1H2,2-4H3. The van der Waals surface area contributed by atoms with Crippen molar-refractivity contribution in [1.29, 1.82) is 0 Å². The molecular weight excluding hydrogens is 232 g/mol. The van der Waals surface area contributed by atoms with Crippen LogP contribution in [-0.2, 0) is 5.41 Å².